The van der Waals surface area contributed by atoms with Gasteiger partial charge in [0.2, 0.25) is 0 Å². The molecule has 0 aromatic heterocycles. The van der Waals surface area contributed by atoms with Crippen molar-refractivity contribution in [3.63, 3.8) is 0 Å². The van der Waals surface area contributed by atoms with E-state index in [2.05, 4.69) is 11.4 Å². The van der Waals surface area contributed by atoms with Gasteiger partial charge in [0.15, 0.2) is 0 Å². The summed E-state index contributed by atoms with van der Waals surface area (Å²) in [6, 6.07) is 8.90. The summed E-state index contributed by atoms with van der Waals surface area (Å²) in [7, 11) is 0. The van der Waals surface area contributed by atoms with Crippen LogP contribution in [0.3, 0.4) is 0 Å². The highest BCUT2D eigenvalue weighted by molar-refractivity contribution is 5.21. The molecule has 0 saturated carbocycles. The molecule has 72 valence electrons. The molecule has 1 saturated heterocycles. The predicted molar refractivity (Wildman–Crippen MR) is 50.9 cm³/mol. The number of hydrogen-bond acceptors (Lipinski definition) is 2. The number of nitriles is 1. The summed E-state index contributed by atoms with van der Waals surface area (Å²) in [6.45, 7) is 0.735. The minimum absolute atomic E-state index is 0.0880. The first-order valence-electron chi connectivity index (χ1n) is 4.68. The number of rotatable bonds is 1. The van der Waals surface area contributed by atoms with Gasteiger partial charge in [-0.3, -0.25) is 0 Å². The molecule has 1 aromatic rings. The highest BCUT2D eigenvalue weighted by atomic mass is 19.1. The van der Waals surface area contributed by atoms with E-state index in [9.17, 15) is 4.39 Å². The van der Waals surface area contributed by atoms with Gasteiger partial charge in [-0.05, 0) is 24.1 Å². The minimum Gasteiger partial charge on any atom is -0.309 e. The monoisotopic (exact) mass is 190 g/mol. The molecular weight excluding hydrogens is 179 g/mol. The van der Waals surface area contributed by atoms with Crippen LogP contribution in [0.15, 0.2) is 24.3 Å². The van der Waals surface area contributed by atoms with Crippen molar-refractivity contribution in [2.24, 2.45) is 5.92 Å². The Morgan fingerprint density at radius 1 is 1.36 bits per heavy atom. The fourth-order valence-electron chi connectivity index (χ4n) is 1.78. The van der Waals surface area contributed by atoms with Gasteiger partial charge < -0.3 is 5.32 Å². The quantitative estimate of drug-likeness (QED) is 0.735. The molecule has 2 rings (SSSR count). The Morgan fingerprint density at radius 3 is 2.64 bits per heavy atom. The molecule has 0 bridgehead atoms. The van der Waals surface area contributed by atoms with Crippen molar-refractivity contribution in [1.82, 2.24) is 5.32 Å². The van der Waals surface area contributed by atoms with Crippen LogP contribution in [-0.4, -0.2) is 6.54 Å². The van der Waals surface area contributed by atoms with E-state index in [-0.39, 0.29) is 17.8 Å². The van der Waals surface area contributed by atoms with Crippen LogP contribution in [0.1, 0.15) is 18.0 Å². The van der Waals surface area contributed by atoms with Crippen LogP contribution in [0.5, 0.6) is 0 Å². The molecule has 1 fully saturated rings. The third-order valence-corrected chi connectivity index (χ3v) is 2.59. The van der Waals surface area contributed by atoms with E-state index >= 15 is 0 Å². The van der Waals surface area contributed by atoms with Crippen LogP contribution in [0.25, 0.3) is 0 Å². The molecule has 3 heteroatoms. The maximum atomic E-state index is 12.6. The maximum Gasteiger partial charge on any atom is 0.123 e. The molecule has 1 aliphatic heterocycles. The van der Waals surface area contributed by atoms with Gasteiger partial charge in [0.1, 0.15) is 5.82 Å². The molecule has 1 heterocycles. The second-order valence-electron chi connectivity index (χ2n) is 3.57. The van der Waals surface area contributed by atoms with Gasteiger partial charge in [-0.1, -0.05) is 12.1 Å². The zero-order valence-electron chi connectivity index (χ0n) is 7.70. The van der Waals surface area contributed by atoms with Crippen molar-refractivity contribution in [2.75, 3.05) is 6.54 Å². The molecular formula is C11H11FN2. The van der Waals surface area contributed by atoms with Gasteiger partial charge in [0.25, 0.3) is 0 Å². The van der Waals surface area contributed by atoms with Gasteiger partial charge >= 0.3 is 0 Å². The summed E-state index contributed by atoms with van der Waals surface area (Å²) in [6.07, 6.45) is 0.822. The molecule has 14 heavy (non-hydrogen) atoms. The molecule has 0 spiro atoms. The highest BCUT2D eigenvalue weighted by Crippen LogP contribution is 2.26. The summed E-state index contributed by atoms with van der Waals surface area (Å²) in [5, 5.41) is 12.0. The minimum atomic E-state index is -0.219. The number of halogens is 1. The van der Waals surface area contributed by atoms with Crippen molar-refractivity contribution in [1.29, 1.82) is 5.26 Å². The second-order valence-corrected chi connectivity index (χ2v) is 3.57. The molecule has 0 amide bonds. The average Bonchev–Trinajstić information content (AvgIpc) is 2.67. The van der Waals surface area contributed by atoms with E-state index in [0.717, 1.165) is 18.5 Å². The lowest BCUT2D eigenvalue weighted by atomic mass is 10.0. The highest BCUT2D eigenvalue weighted by Gasteiger charge is 2.24. The zero-order valence-corrected chi connectivity index (χ0v) is 7.70. The Balaban J connectivity index is 2.10. The number of nitrogens with zero attached hydrogens (tertiary/aromatic N) is 1. The van der Waals surface area contributed by atoms with Gasteiger partial charge in [0.05, 0.1) is 12.0 Å². The first-order chi connectivity index (χ1) is 6.79. The van der Waals surface area contributed by atoms with Crippen molar-refractivity contribution in [3.05, 3.63) is 35.6 Å². The lowest BCUT2D eigenvalue weighted by Gasteiger charge is -2.09. The second kappa shape index (κ2) is 3.77. The third-order valence-electron chi connectivity index (χ3n) is 2.59. The standard InChI is InChI=1S/C11H11FN2/c12-10-3-1-9(2-4-10)11-5-8(6-13)7-14-11/h1-4,8,11,14H,5,7H2. The van der Waals surface area contributed by atoms with Gasteiger partial charge in [-0.15, -0.1) is 0 Å². The molecule has 2 atom stereocenters. The van der Waals surface area contributed by atoms with Gasteiger partial charge in [0, 0.05) is 12.6 Å². The van der Waals surface area contributed by atoms with Gasteiger partial charge in [-0.2, -0.15) is 5.26 Å². The Hall–Kier alpha value is -1.40. The van der Waals surface area contributed by atoms with Crippen molar-refractivity contribution >= 4 is 0 Å². The molecule has 1 aromatic carbocycles. The third kappa shape index (κ3) is 1.75. The van der Waals surface area contributed by atoms with E-state index in [0.29, 0.717) is 0 Å². The normalized spacial score (nSPS) is 26.0. The van der Waals surface area contributed by atoms with E-state index in [1.807, 2.05) is 0 Å². The van der Waals surface area contributed by atoms with E-state index in [1.54, 1.807) is 12.1 Å². The lowest BCUT2D eigenvalue weighted by Crippen LogP contribution is -2.13. The van der Waals surface area contributed by atoms with Crippen LogP contribution in [0.4, 0.5) is 4.39 Å². The number of nitrogens with one attached hydrogen (secondary N) is 1. The first-order valence-corrected chi connectivity index (χ1v) is 4.68. The molecule has 2 nitrogen and oxygen atoms in total. The molecule has 2 unspecified atom stereocenters. The smallest absolute Gasteiger partial charge is 0.123 e. The number of hydrogen-bond donors (Lipinski definition) is 1. The summed E-state index contributed by atoms with van der Waals surface area (Å²) < 4.78 is 12.6. The predicted octanol–water partition coefficient (Wildman–Crippen LogP) is 2.00. The van der Waals surface area contributed by atoms with Crippen LogP contribution < -0.4 is 5.32 Å². The van der Waals surface area contributed by atoms with E-state index in [4.69, 9.17) is 5.26 Å². The molecule has 1 N–H and O–H groups in total. The molecule has 0 radical (unpaired) electrons. The van der Waals surface area contributed by atoms with E-state index in [1.165, 1.54) is 12.1 Å². The Morgan fingerprint density at radius 2 is 2.07 bits per heavy atom. The topological polar surface area (TPSA) is 35.8 Å². The summed E-state index contributed by atoms with van der Waals surface area (Å²) in [4.78, 5) is 0. The lowest BCUT2D eigenvalue weighted by molar-refractivity contribution is 0.615. The van der Waals surface area contributed by atoms with Crippen molar-refractivity contribution in [3.8, 4) is 6.07 Å². The SMILES string of the molecule is N#CC1CNC(c2ccc(F)cc2)C1. The summed E-state index contributed by atoms with van der Waals surface area (Å²) in [5.74, 6) is -0.131. The Labute approximate surface area is 82.4 Å². The average molecular weight is 190 g/mol. The van der Waals surface area contributed by atoms with Crippen molar-refractivity contribution in [2.45, 2.75) is 12.5 Å². The first kappa shape index (κ1) is 9.17. The van der Waals surface area contributed by atoms with E-state index < -0.39 is 0 Å². The van der Waals surface area contributed by atoms with Crippen LogP contribution >= 0.6 is 0 Å². The van der Waals surface area contributed by atoms with Crippen LogP contribution in [-0.2, 0) is 0 Å². The fourth-order valence-corrected chi connectivity index (χ4v) is 1.78. The summed E-state index contributed by atoms with van der Waals surface area (Å²) in [5.41, 5.74) is 1.06. The van der Waals surface area contributed by atoms with Crippen LogP contribution in [0, 0.1) is 23.1 Å². The number of benzene rings is 1. The summed E-state index contributed by atoms with van der Waals surface area (Å²) >= 11 is 0. The Kier molecular flexibility index (Phi) is 2.47. The maximum absolute atomic E-state index is 12.6. The largest absolute Gasteiger partial charge is 0.309 e. The Bertz CT molecular complexity index is 353. The zero-order chi connectivity index (χ0) is 9.97. The van der Waals surface area contributed by atoms with Crippen molar-refractivity contribution < 1.29 is 4.39 Å². The molecule has 0 aliphatic carbocycles. The van der Waals surface area contributed by atoms with Gasteiger partial charge in [-0.25, -0.2) is 4.39 Å². The fraction of sp³-hybridized carbons (Fsp3) is 0.364. The molecule has 1 aliphatic rings. The van der Waals surface area contributed by atoms with Crippen LogP contribution in [0.2, 0.25) is 0 Å².